The van der Waals surface area contributed by atoms with Crippen molar-refractivity contribution in [3.63, 3.8) is 0 Å². The van der Waals surface area contributed by atoms with Crippen LogP contribution in [-0.2, 0) is 19.1 Å². The van der Waals surface area contributed by atoms with Crippen LogP contribution in [0, 0.1) is 45.3 Å². The highest BCUT2D eigenvalue weighted by atomic mass is 16.6. The number of carbonyl (C=O) groups excluding carboxylic acids is 2. The summed E-state index contributed by atoms with van der Waals surface area (Å²) in [6.07, 6.45) is 9.98. The van der Waals surface area contributed by atoms with Gasteiger partial charge in [0.05, 0.1) is 17.4 Å². The molecule has 0 aromatic carbocycles. The average Bonchev–Trinajstić information content (AvgIpc) is 3.17. The second-order valence-corrected chi connectivity index (χ2v) is 15.0. The van der Waals surface area contributed by atoms with Crippen molar-refractivity contribution in [1.29, 1.82) is 0 Å². The molecule has 208 valence electrons. The van der Waals surface area contributed by atoms with Crippen LogP contribution in [0.5, 0.6) is 0 Å². The van der Waals surface area contributed by atoms with Gasteiger partial charge in [0.2, 0.25) is 0 Å². The SMILES string of the molecule is CC(=O)O[C@@H]1C[C@@]2(C)C3=CC[C@H]4C(C)(C)C(O)CCC4(C)[C@@H]3CCC23C(=O)O[C@@](C)(CCCC(C)C)[C@@H]13. The molecule has 37 heavy (non-hydrogen) atoms. The van der Waals surface area contributed by atoms with Crippen LogP contribution in [0.1, 0.15) is 113 Å². The van der Waals surface area contributed by atoms with E-state index in [1.54, 1.807) is 0 Å². The molecule has 4 fully saturated rings. The minimum absolute atomic E-state index is 0.0623. The first-order chi connectivity index (χ1) is 17.1. The van der Waals surface area contributed by atoms with Gasteiger partial charge in [-0.05, 0) is 86.9 Å². The number of esters is 2. The summed E-state index contributed by atoms with van der Waals surface area (Å²) in [4.78, 5) is 26.5. The van der Waals surface area contributed by atoms with Gasteiger partial charge in [0, 0.05) is 12.3 Å². The molecule has 0 aromatic rings. The fourth-order valence-corrected chi connectivity index (χ4v) is 10.6. The summed E-state index contributed by atoms with van der Waals surface area (Å²) in [6.45, 7) is 17.3. The Morgan fingerprint density at radius 2 is 1.86 bits per heavy atom. The van der Waals surface area contributed by atoms with Crippen LogP contribution in [0.25, 0.3) is 0 Å². The first-order valence-electron chi connectivity index (χ1n) is 14.9. The number of hydrogen-bond acceptors (Lipinski definition) is 5. The van der Waals surface area contributed by atoms with E-state index in [9.17, 15) is 14.7 Å². The number of fused-ring (bicyclic) bond motifs is 4. The quantitative estimate of drug-likeness (QED) is 0.330. The minimum atomic E-state index is -0.644. The molecule has 1 saturated heterocycles. The molecule has 0 amide bonds. The van der Waals surface area contributed by atoms with Crippen LogP contribution in [0.15, 0.2) is 11.6 Å². The lowest BCUT2D eigenvalue weighted by atomic mass is 9.41. The van der Waals surface area contributed by atoms with Crippen molar-refractivity contribution in [3.05, 3.63) is 11.6 Å². The Bertz CT molecular complexity index is 997. The van der Waals surface area contributed by atoms with Gasteiger partial charge in [-0.1, -0.05) is 59.6 Å². The van der Waals surface area contributed by atoms with Crippen LogP contribution in [-0.4, -0.2) is 34.9 Å². The van der Waals surface area contributed by atoms with Gasteiger partial charge in [-0.15, -0.1) is 0 Å². The molecule has 1 heterocycles. The van der Waals surface area contributed by atoms with E-state index in [0.29, 0.717) is 24.2 Å². The molecule has 0 bridgehead atoms. The molecule has 0 aromatic heterocycles. The molecule has 3 saturated carbocycles. The Balaban J connectivity index is 1.58. The number of rotatable bonds is 5. The van der Waals surface area contributed by atoms with Gasteiger partial charge < -0.3 is 14.6 Å². The average molecular weight is 515 g/mol. The summed E-state index contributed by atoms with van der Waals surface area (Å²) in [7, 11) is 0. The van der Waals surface area contributed by atoms with Crippen LogP contribution in [0.3, 0.4) is 0 Å². The van der Waals surface area contributed by atoms with Gasteiger partial charge in [-0.25, -0.2) is 0 Å². The Hall–Kier alpha value is -1.36. The van der Waals surface area contributed by atoms with Gasteiger partial charge in [0.1, 0.15) is 11.7 Å². The lowest BCUT2D eigenvalue weighted by molar-refractivity contribution is -0.163. The minimum Gasteiger partial charge on any atom is -0.462 e. The molecular formula is C32H50O5. The van der Waals surface area contributed by atoms with Crippen LogP contribution < -0.4 is 0 Å². The highest BCUT2D eigenvalue weighted by Gasteiger charge is 2.79. The lowest BCUT2D eigenvalue weighted by Gasteiger charge is -2.63. The second kappa shape index (κ2) is 8.57. The number of cyclic esters (lactones) is 1. The highest BCUT2D eigenvalue weighted by Crippen LogP contribution is 2.76. The Morgan fingerprint density at radius 3 is 2.51 bits per heavy atom. The molecule has 1 N–H and O–H groups in total. The number of allylic oxidation sites excluding steroid dienone is 2. The molecule has 5 nitrogen and oxygen atoms in total. The molecule has 5 heteroatoms. The first-order valence-corrected chi connectivity index (χ1v) is 14.9. The molecule has 1 aliphatic heterocycles. The molecule has 1 spiro atoms. The largest absolute Gasteiger partial charge is 0.462 e. The van der Waals surface area contributed by atoms with E-state index in [-0.39, 0.29) is 46.3 Å². The van der Waals surface area contributed by atoms with E-state index >= 15 is 0 Å². The van der Waals surface area contributed by atoms with Crippen molar-refractivity contribution >= 4 is 11.9 Å². The molecule has 4 aliphatic carbocycles. The van der Waals surface area contributed by atoms with Gasteiger partial charge in [-0.2, -0.15) is 0 Å². The standard InChI is InChI=1S/C32H50O5/c1-19(2)10-9-15-31(8)26-23(36-20(3)33)18-30(7)22-11-12-24-28(4,5)25(34)14-16-29(24,6)21(22)13-17-32(26,30)27(35)37-31/h11,19,21,23-26,34H,9-10,12-18H2,1-8H3/t21-,23-,24+,25?,26-,29?,30+,31+,32?/m1/s1. The molecule has 3 unspecified atom stereocenters. The lowest BCUT2D eigenvalue weighted by Crippen LogP contribution is -2.59. The van der Waals surface area contributed by atoms with Crippen molar-refractivity contribution in [2.45, 2.75) is 131 Å². The molecular weight excluding hydrogens is 464 g/mol. The summed E-state index contributed by atoms with van der Waals surface area (Å²) in [5, 5.41) is 10.9. The second-order valence-electron chi connectivity index (χ2n) is 15.0. The van der Waals surface area contributed by atoms with Gasteiger partial charge in [0.25, 0.3) is 0 Å². The smallest absolute Gasteiger partial charge is 0.314 e. The Labute approximate surface area is 224 Å². The van der Waals surface area contributed by atoms with Crippen molar-refractivity contribution in [2.24, 2.45) is 45.3 Å². The van der Waals surface area contributed by atoms with Crippen LogP contribution >= 0.6 is 0 Å². The van der Waals surface area contributed by atoms with Gasteiger partial charge >= 0.3 is 11.9 Å². The maximum Gasteiger partial charge on any atom is 0.314 e. The summed E-state index contributed by atoms with van der Waals surface area (Å²) in [6, 6.07) is 0. The van der Waals surface area contributed by atoms with Gasteiger partial charge in [-0.3, -0.25) is 9.59 Å². The fraction of sp³-hybridized carbons (Fsp3) is 0.875. The molecule has 0 radical (unpaired) electrons. The maximum atomic E-state index is 14.1. The van der Waals surface area contributed by atoms with Crippen molar-refractivity contribution in [3.8, 4) is 0 Å². The Kier molecular flexibility index (Phi) is 6.30. The summed E-state index contributed by atoms with van der Waals surface area (Å²) in [5.74, 6) is 0.941. The third kappa shape index (κ3) is 3.57. The van der Waals surface area contributed by atoms with E-state index < -0.39 is 11.0 Å². The zero-order valence-corrected chi connectivity index (χ0v) is 24.5. The van der Waals surface area contributed by atoms with E-state index in [1.807, 2.05) is 0 Å². The summed E-state index contributed by atoms with van der Waals surface area (Å²) < 4.78 is 12.5. The number of ether oxygens (including phenoxy) is 2. The van der Waals surface area contributed by atoms with Crippen LogP contribution in [0.4, 0.5) is 0 Å². The number of hydrogen-bond donors (Lipinski definition) is 1. The zero-order chi connectivity index (χ0) is 27.2. The Morgan fingerprint density at radius 1 is 1.16 bits per heavy atom. The molecule has 9 atom stereocenters. The van der Waals surface area contributed by atoms with Crippen molar-refractivity contribution in [1.82, 2.24) is 0 Å². The van der Waals surface area contributed by atoms with Crippen LogP contribution in [0.2, 0.25) is 0 Å². The van der Waals surface area contributed by atoms with E-state index in [0.717, 1.165) is 51.4 Å². The number of carbonyl (C=O) groups is 2. The van der Waals surface area contributed by atoms with Crippen molar-refractivity contribution in [2.75, 3.05) is 0 Å². The van der Waals surface area contributed by atoms with Gasteiger partial charge in [0.15, 0.2) is 0 Å². The monoisotopic (exact) mass is 514 g/mol. The molecule has 5 aliphatic rings. The van der Waals surface area contributed by atoms with E-state index in [2.05, 4.69) is 54.5 Å². The topological polar surface area (TPSA) is 72.8 Å². The molecule has 5 rings (SSSR count). The fourth-order valence-electron chi connectivity index (χ4n) is 10.6. The summed E-state index contributed by atoms with van der Waals surface area (Å²) >= 11 is 0. The van der Waals surface area contributed by atoms with E-state index in [1.165, 1.54) is 12.5 Å². The third-order valence-corrected chi connectivity index (χ3v) is 12.3. The normalized spacial score (nSPS) is 47.9. The first kappa shape index (κ1) is 27.2. The van der Waals surface area contributed by atoms with Crippen molar-refractivity contribution < 1.29 is 24.2 Å². The maximum absolute atomic E-state index is 14.1. The predicted octanol–water partition coefficient (Wildman–Crippen LogP) is 6.62. The highest BCUT2D eigenvalue weighted by molar-refractivity contribution is 5.84. The summed E-state index contributed by atoms with van der Waals surface area (Å²) in [5.41, 5.74) is -0.278. The zero-order valence-electron chi connectivity index (χ0n) is 24.5. The number of aliphatic hydroxyl groups excluding tert-OH is 1. The number of aliphatic hydroxyl groups is 1. The third-order valence-electron chi connectivity index (χ3n) is 12.3. The predicted molar refractivity (Wildman–Crippen MR) is 143 cm³/mol. The van der Waals surface area contributed by atoms with E-state index in [4.69, 9.17) is 9.47 Å².